The molecular formula is C11H15BrN2O. The van der Waals surface area contributed by atoms with Crippen molar-refractivity contribution in [3.63, 3.8) is 0 Å². The first-order valence-electron chi connectivity index (χ1n) is 4.84. The van der Waals surface area contributed by atoms with Crippen molar-refractivity contribution in [2.75, 3.05) is 12.3 Å². The van der Waals surface area contributed by atoms with Crippen molar-refractivity contribution in [3.05, 3.63) is 28.2 Å². The average Bonchev–Trinajstić information content (AvgIpc) is 2.14. The minimum Gasteiger partial charge on any atom is -0.399 e. The lowest BCUT2D eigenvalue weighted by molar-refractivity contribution is 0.0948. The highest BCUT2D eigenvalue weighted by Gasteiger charge is 2.09. The number of anilines is 1. The molecule has 1 amide bonds. The normalized spacial score (nSPS) is 10.4. The smallest absolute Gasteiger partial charge is 0.252 e. The van der Waals surface area contributed by atoms with Gasteiger partial charge in [0.1, 0.15) is 0 Å². The number of benzene rings is 1. The molecule has 1 aromatic rings. The Morgan fingerprint density at radius 2 is 2.20 bits per heavy atom. The van der Waals surface area contributed by atoms with Crippen LogP contribution in [0.3, 0.4) is 0 Å². The van der Waals surface area contributed by atoms with Gasteiger partial charge in [0, 0.05) is 16.7 Å². The van der Waals surface area contributed by atoms with Crippen molar-refractivity contribution in [3.8, 4) is 0 Å². The first kappa shape index (κ1) is 12.0. The fraction of sp³-hybridized carbons (Fsp3) is 0.364. The van der Waals surface area contributed by atoms with Gasteiger partial charge in [-0.05, 0) is 40.0 Å². The summed E-state index contributed by atoms with van der Waals surface area (Å²) in [6.07, 6.45) is 0. The van der Waals surface area contributed by atoms with E-state index >= 15 is 0 Å². The molecule has 0 bridgehead atoms. The van der Waals surface area contributed by atoms with Crippen molar-refractivity contribution in [1.82, 2.24) is 5.32 Å². The number of amides is 1. The Balaban J connectivity index is 2.74. The van der Waals surface area contributed by atoms with Crippen molar-refractivity contribution < 1.29 is 4.79 Å². The summed E-state index contributed by atoms with van der Waals surface area (Å²) < 4.78 is 0.726. The summed E-state index contributed by atoms with van der Waals surface area (Å²) in [5, 5.41) is 2.85. The molecule has 1 rings (SSSR count). The predicted molar refractivity (Wildman–Crippen MR) is 65.7 cm³/mol. The van der Waals surface area contributed by atoms with Crippen LogP contribution in [0.1, 0.15) is 24.2 Å². The molecule has 3 nitrogen and oxygen atoms in total. The molecule has 0 aliphatic carbocycles. The summed E-state index contributed by atoms with van der Waals surface area (Å²) in [5.74, 6) is 0.372. The minimum absolute atomic E-state index is 0.0735. The highest BCUT2D eigenvalue weighted by Crippen LogP contribution is 2.19. The Labute approximate surface area is 98.2 Å². The zero-order valence-corrected chi connectivity index (χ0v) is 10.5. The number of carbonyl (C=O) groups excluding carboxylic acids is 1. The maximum Gasteiger partial charge on any atom is 0.252 e. The largest absolute Gasteiger partial charge is 0.399 e. The molecule has 3 N–H and O–H groups in total. The third-order valence-corrected chi connectivity index (χ3v) is 2.56. The van der Waals surface area contributed by atoms with E-state index in [1.807, 2.05) is 0 Å². The molecule has 1 aromatic carbocycles. The lowest BCUT2D eigenvalue weighted by Crippen LogP contribution is -2.27. The molecule has 0 heterocycles. The number of rotatable bonds is 3. The molecule has 0 unspecified atom stereocenters. The summed E-state index contributed by atoms with van der Waals surface area (Å²) in [7, 11) is 0. The summed E-state index contributed by atoms with van der Waals surface area (Å²) in [4.78, 5) is 11.7. The van der Waals surface area contributed by atoms with Gasteiger partial charge in [-0.3, -0.25) is 4.79 Å². The number of nitrogens with two attached hydrogens (primary N) is 1. The van der Waals surface area contributed by atoms with Crippen LogP contribution >= 0.6 is 15.9 Å². The van der Waals surface area contributed by atoms with E-state index in [0.29, 0.717) is 23.7 Å². The van der Waals surface area contributed by atoms with Gasteiger partial charge < -0.3 is 11.1 Å². The highest BCUT2D eigenvalue weighted by atomic mass is 79.9. The van der Waals surface area contributed by atoms with Crippen LogP contribution < -0.4 is 11.1 Å². The summed E-state index contributed by atoms with van der Waals surface area (Å²) in [6.45, 7) is 4.78. The number of nitrogen functional groups attached to an aromatic ring is 1. The molecule has 82 valence electrons. The highest BCUT2D eigenvalue weighted by molar-refractivity contribution is 9.10. The van der Waals surface area contributed by atoms with Crippen molar-refractivity contribution >= 4 is 27.5 Å². The second-order valence-corrected chi connectivity index (χ2v) is 4.70. The van der Waals surface area contributed by atoms with Crippen LogP contribution in [0.25, 0.3) is 0 Å². The number of hydrogen-bond acceptors (Lipinski definition) is 2. The Morgan fingerprint density at radius 3 is 2.73 bits per heavy atom. The molecule has 0 spiro atoms. The Kier molecular flexibility index (Phi) is 4.15. The molecule has 0 saturated heterocycles. The van der Waals surface area contributed by atoms with Crippen LogP contribution in [0.4, 0.5) is 5.69 Å². The van der Waals surface area contributed by atoms with Gasteiger partial charge in [0.15, 0.2) is 0 Å². The van der Waals surface area contributed by atoms with Crippen molar-refractivity contribution in [2.24, 2.45) is 5.92 Å². The van der Waals surface area contributed by atoms with Crippen LogP contribution in [-0.4, -0.2) is 12.5 Å². The van der Waals surface area contributed by atoms with Crippen molar-refractivity contribution in [1.29, 1.82) is 0 Å². The Bertz CT molecular complexity index is 364. The SMILES string of the molecule is CC(C)CNC(=O)c1ccc(N)cc1Br. The zero-order chi connectivity index (χ0) is 11.4. The molecule has 15 heavy (non-hydrogen) atoms. The fourth-order valence-corrected chi connectivity index (χ4v) is 1.68. The van der Waals surface area contributed by atoms with Gasteiger partial charge in [-0.2, -0.15) is 0 Å². The number of nitrogens with one attached hydrogen (secondary N) is 1. The molecule has 0 atom stereocenters. The van der Waals surface area contributed by atoms with Gasteiger partial charge in [0.05, 0.1) is 5.56 Å². The predicted octanol–water partition coefficient (Wildman–Crippen LogP) is 2.42. The monoisotopic (exact) mass is 270 g/mol. The maximum atomic E-state index is 11.7. The van der Waals surface area contributed by atoms with E-state index in [2.05, 4.69) is 35.1 Å². The lowest BCUT2D eigenvalue weighted by atomic mass is 10.1. The quantitative estimate of drug-likeness (QED) is 0.829. The third-order valence-electron chi connectivity index (χ3n) is 1.91. The van der Waals surface area contributed by atoms with Crippen molar-refractivity contribution in [2.45, 2.75) is 13.8 Å². The molecule has 0 aromatic heterocycles. The molecule has 4 heteroatoms. The lowest BCUT2D eigenvalue weighted by Gasteiger charge is -2.09. The Morgan fingerprint density at radius 1 is 1.53 bits per heavy atom. The van der Waals surface area contributed by atoms with Gasteiger partial charge in [0.2, 0.25) is 0 Å². The van der Waals surface area contributed by atoms with Gasteiger partial charge >= 0.3 is 0 Å². The standard InChI is InChI=1S/C11H15BrN2O/c1-7(2)6-14-11(15)9-4-3-8(13)5-10(9)12/h3-5,7H,6,13H2,1-2H3,(H,14,15). The molecule has 0 radical (unpaired) electrons. The maximum absolute atomic E-state index is 11.7. The van der Waals surface area contributed by atoms with E-state index in [1.165, 1.54) is 0 Å². The van der Waals surface area contributed by atoms with Crippen LogP contribution in [0.2, 0.25) is 0 Å². The van der Waals surface area contributed by atoms with Gasteiger partial charge in [0.25, 0.3) is 5.91 Å². The number of hydrogen-bond donors (Lipinski definition) is 2. The van der Waals surface area contributed by atoms with E-state index in [-0.39, 0.29) is 5.91 Å². The fourth-order valence-electron chi connectivity index (χ4n) is 1.11. The van der Waals surface area contributed by atoms with E-state index in [1.54, 1.807) is 18.2 Å². The molecule has 0 aliphatic heterocycles. The van der Waals surface area contributed by atoms with E-state index in [0.717, 1.165) is 4.47 Å². The first-order valence-corrected chi connectivity index (χ1v) is 5.63. The zero-order valence-electron chi connectivity index (χ0n) is 8.88. The molecule has 0 aliphatic rings. The number of halogens is 1. The van der Waals surface area contributed by atoms with E-state index in [9.17, 15) is 4.79 Å². The second-order valence-electron chi connectivity index (χ2n) is 3.84. The summed E-state index contributed by atoms with van der Waals surface area (Å²) >= 11 is 3.31. The molecule has 0 fully saturated rings. The number of carbonyl (C=O) groups is 1. The van der Waals surface area contributed by atoms with Crippen LogP contribution in [0.15, 0.2) is 22.7 Å². The summed E-state index contributed by atoms with van der Waals surface area (Å²) in [5.41, 5.74) is 6.84. The van der Waals surface area contributed by atoms with E-state index < -0.39 is 0 Å². The Hall–Kier alpha value is -1.03. The minimum atomic E-state index is -0.0735. The van der Waals surface area contributed by atoms with Gasteiger partial charge in [-0.25, -0.2) is 0 Å². The molecular weight excluding hydrogens is 256 g/mol. The summed E-state index contributed by atoms with van der Waals surface area (Å²) in [6, 6.07) is 5.16. The van der Waals surface area contributed by atoms with Gasteiger partial charge in [-0.15, -0.1) is 0 Å². The van der Waals surface area contributed by atoms with Crippen LogP contribution in [-0.2, 0) is 0 Å². The molecule has 0 saturated carbocycles. The topological polar surface area (TPSA) is 55.1 Å². The third kappa shape index (κ3) is 3.55. The first-order chi connectivity index (χ1) is 7.00. The van der Waals surface area contributed by atoms with Crippen LogP contribution in [0, 0.1) is 5.92 Å². The second kappa shape index (κ2) is 5.16. The van der Waals surface area contributed by atoms with Gasteiger partial charge in [-0.1, -0.05) is 13.8 Å². The average molecular weight is 271 g/mol. The van der Waals surface area contributed by atoms with Crippen LogP contribution in [0.5, 0.6) is 0 Å². The van der Waals surface area contributed by atoms with E-state index in [4.69, 9.17) is 5.73 Å².